The van der Waals surface area contributed by atoms with Gasteiger partial charge in [-0.15, -0.1) is 12.4 Å². The van der Waals surface area contributed by atoms with E-state index in [1.807, 2.05) is 4.57 Å². The predicted molar refractivity (Wildman–Crippen MR) is 85.8 cm³/mol. The van der Waals surface area contributed by atoms with E-state index in [2.05, 4.69) is 4.98 Å². The fourth-order valence-corrected chi connectivity index (χ4v) is 3.30. The largest absolute Gasteiger partial charge is 0.412 e. The molecule has 1 aromatic heterocycles. The molecular weight excluding hydrogens is 332 g/mol. The number of nitrogens with two attached hydrogens (primary N) is 1. The molecule has 1 atom stereocenters. The first-order chi connectivity index (χ1) is 9.60. The molecule has 0 fully saturated rings. The van der Waals surface area contributed by atoms with Crippen molar-refractivity contribution in [2.45, 2.75) is 31.8 Å². The highest BCUT2D eigenvalue weighted by atomic mass is 35.5. The Hall–Kier alpha value is -1.28. The van der Waals surface area contributed by atoms with Crippen LogP contribution in [-0.2, 0) is 19.4 Å². The second-order valence-corrected chi connectivity index (χ2v) is 5.47. The molecule has 22 heavy (non-hydrogen) atoms. The van der Waals surface area contributed by atoms with Gasteiger partial charge >= 0.3 is 0 Å². The van der Waals surface area contributed by atoms with Gasteiger partial charge in [-0.05, 0) is 48.7 Å². The van der Waals surface area contributed by atoms with Gasteiger partial charge in [-0.3, -0.25) is 0 Å². The van der Waals surface area contributed by atoms with Crippen LogP contribution in [0.25, 0.3) is 0 Å². The van der Waals surface area contributed by atoms with Crippen molar-refractivity contribution in [3.8, 4) is 0 Å². The topological polar surface area (TPSA) is 78.2 Å². The molecular formula is C14H18ClF2N3OS. The summed E-state index contributed by atoms with van der Waals surface area (Å²) < 4.78 is 29.7. The Labute approximate surface area is 138 Å². The van der Waals surface area contributed by atoms with Crippen LogP contribution in [-0.4, -0.2) is 15.0 Å². The molecule has 0 spiro atoms. The quantitative estimate of drug-likeness (QED) is 0.817. The normalized spacial score (nSPS) is 16.4. The van der Waals surface area contributed by atoms with Crippen LogP contribution in [0.15, 0.2) is 18.3 Å². The standard InChI is InChI=1S/C14H15F2N3S.ClH.H2O/c15-9-3-8-4-10(1-2-12(8)13(16)5-9)19-11(6-17)7-18-14(19)20;;/h3,5,7,10H,1-2,4,6,17H2,(H,18,20);1H;1H2/t10-;;/m0../s1. The summed E-state index contributed by atoms with van der Waals surface area (Å²) in [6, 6.07) is 2.47. The summed E-state index contributed by atoms with van der Waals surface area (Å²) in [4.78, 5) is 2.98. The van der Waals surface area contributed by atoms with Gasteiger partial charge in [0.05, 0.1) is 5.69 Å². The Bertz CT molecular complexity index is 717. The first kappa shape index (κ1) is 18.8. The van der Waals surface area contributed by atoms with Crippen LogP contribution in [0.3, 0.4) is 0 Å². The maximum absolute atomic E-state index is 13.7. The number of hydrogen-bond acceptors (Lipinski definition) is 2. The number of halogens is 3. The monoisotopic (exact) mass is 349 g/mol. The van der Waals surface area contributed by atoms with Gasteiger partial charge in [0.2, 0.25) is 0 Å². The zero-order chi connectivity index (χ0) is 14.3. The molecule has 1 heterocycles. The molecule has 8 heteroatoms. The molecule has 1 aliphatic carbocycles. The number of nitrogens with zero attached hydrogens (tertiary/aromatic N) is 1. The van der Waals surface area contributed by atoms with Crippen LogP contribution in [0.1, 0.15) is 29.3 Å². The van der Waals surface area contributed by atoms with E-state index in [1.165, 1.54) is 6.07 Å². The molecule has 0 bridgehead atoms. The fraction of sp³-hybridized carbons (Fsp3) is 0.357. The predicted octanol–water partition coefficient (Wildman–Crippen LogP) is 2.61. The first-order valence-electron chi connectivity index (χ1n) is 6.55. The smallest absolute Gasteiger partial charge is 0.177 e. The number of aromatic amines is 1. The Morgan fingerprint density at radius 1 is 1.36 bits per heavy atom. The zero-order valence-corrected chi connectivity index (χ0v) is 13.4. The van der Waals surface area contributed by atoms with Crippen LogP contribution in [0, 0.1) is 16.4 Å². The number of imidazole rings is 1. The van der Waals surface area contributed by atoms with Crippen molar-refractivity contribution in [3.63, 3.8) is 0 Å². The van der Waals surface area contributed by atoms with Crippen molar-refractivity contribution >= 4 is 24.6 Å². The molecule has 0 radical (unpaired) electrons. The molecule has 0 saturated carbocycles. The number of nitrogens with one attached hydrogen (secondary N) is 1. The lowest BCUT2D eigenvalue weighted by molar-refractivity contribution is 0.416. The van der Waals surface area contributed by atoms with Gasteiger partial charge in [-0.1, -0.05) is 0 Å². The molecule has 0 unspecified atom stereocenters. The average molecular weight is 350 g/mol. The van der Waals surface area contributed by atoms with E-state index in [1.54, 1.807) is 6.20 Å². The third kappa shape index (κ3) is 3.22. The van der Waals surface area contributed by atoms with Crippen LogP contribution < -0.4 is 5.73 Å². The summed E-state index contributed by atoms with van der Waals surface area (Å²) in [5.41, 5.74) is 7.97. The number of benzene rings is 1. The minimum absolute atomic E-state index is 0. The van der Waals surface area contributed by atoms with E-state index < -0.39 is 11.6 Å². The third-order valence-corrected chi connectivity index (χ3v) is 4.22. The van der Waals surface area contributed by atoms with Crippen molar-refractivity contribution in [1.82, 2.24) is 9.55 Å². The van der Waals surface area contributed by atoms with Gasteiger partial charge < -0.3 is 20.8 Å². The average Bonchev–Trinajstić information content (AvgIpc) is 2.78. The Balaban J connectivity index is 0.00000121. The lowest BCUT2D eigenvalue weighted by atomic mass is 9.87. The minimum atomic E-state index is -0.529. The van der Waals surface area contributed by atoms with Gasteiger partial charge in [-0.25, -0.2) is 8.78 Å². The SMILES string of the molecule is Cl.NCc1c[nH]c(=S)n1[C@H]1CCc2c(F)cc(F)cc2C1.O. The number of fused-ring (bicyclic) bond motifs is 1. The Morgan fingerprint density at radius 3 is 2.77 bits per heavy atom. The van der Waals surface area contributed by atoms with Crippen molar-refractivity contribution in [1.29, 1.82) is 0 Å². The molecule has 0 aliphatic heterocycles. The number of rotatable bonds is 2. The lowest BCUT2D eigenvalue weighted by Gasteiger charge is -2.27. The van der Waals surface area contributed by atoms with E-state index in [9.17, 15) is 8.78 Å². The van der Waals surface area contributed by atoms with E-state index in [0.29, 0.717) is 29.7 Å². The second-order valence-electron chi connectivity index (χ2n) is 5.08. The van der Waals surface area contributed by atoms with E-state index in [4.69, 9.17) is 18.0 Å². The summed E-state index contributed by atoms with van der Waals surface area (Å²) in [6.07, 6.45) is 3.73. The molecule has 2 aromatic rings. The van der Waals surface area contributed by atoms with Crippen molar-refractivity contribution in [2.75, 3.05) is 0 Å². The summed E-state index contributed by atoms with van der Waals surface area (Å²) in [7, 11) is 0. The third-order valence-electron chi connectivity index (χ3n) is 3.90. The van der Waals surface area contributed by atoms with Gasteiger partial charge in [0.15, 0.2) is 4.77 Å². The Kier molecular flexibility index (Phi) is 6.25. The molecule has 0 amide bonds. The molecule has 4 nitrogen and oxygen atoms in total. The first-order valence-corrected chi connectivity index (χ1v) is 6.96. The highest BCUT2D eigenvalue weighted by Crippen LogP contribution is 2.32. The van der Waals surface area contributed by atoms with E-state index >= 15 is 0 Å². The minimum Gasteiger partial charge on any atom is -0.412 e. The number of aromatic nitrogens is 2. The van der Waals surface area contributed by atoms with Crippen molar-refractivity contribution in [3.05, 3.63) is 51.6 Å². The molecule has 3 rings (SSSR count). The van der Waals surface area contributed by atoms with Crippen LogP contribution in [0.4, 0.5) is 8.78 Å². The van der Waals surface area contributed by atoms with Gasteiger partial charge in [0, 0.05) is 24.8 Å². The van der Waals surface area contributed by atoms with Gasteiger partial charge in [-0.2, -0.15) is 0 Å². The highest BCUT2D eigenvalue weighted by Gasteiger charge is 2.24. The molecule has 1 aliphatic rings. The Morgan fingerprint density at radius 2 is 2.09 bits per heavy atom. The van der Waals surface area contributed by atoms with Crippen molar-refractivity contribution in [2.24, 2.45) is 5.73 Å². The van der Waals surface area contributed by atoms with Crippen molar-refractivity contribution < 1.29 is 14.3 Å². The summed E-state index contributed by atoms with van der Waals surface area (Å²) in [5, 5.41) is 0. The van der Waals surface area contributed by atoms with Crippen LogP contribution in [0.2, 0.25) is 0 Å². The maximum atomic E-state index is 13.7. The highest BCUT2D eigenvalue weighted by molar-refractivity contribution is 7.71. The summed E-state index contributed by atoms with van der Waals surface area (Å²) >= 11 is 5.27. The van der Waals surface area contributed by atoms with Crippen LogP contribution in [0.5, 0.6) is 0 Å². The number of hydrogen-bond donors (Lipinski definition) is 2. The molecule has 1 aromatic carbocycles. The fourth-order valence-electron chi connectivity index (χ4n) is 2.98. The maximum Gasteiger partial charge on any atom is 0.177 e. The lowest BCUT2D eigenvalue weighted by Crippen LogP contribution is -2.22. The van der Waals surface area contributed by atoms with E-state index in [-0.39, 0.29) is 23.9 Å². The van der Waals surface area contributed by atoms with Crippen LogP contribution >= 0.6 is 24.6 Å². The summed E-state index contributed by atoms with van der Waals surface area (Å²) in [6.45, 7) is 0.383. The zero-order valence-electron chi connectivity index (χ0n) is 11.7. The molecule has 0 saturated heterocycles. The van der Waals surface area contributed by atoms with Gasteiger partial charge in [0.1, 0.15) is 11.6 Å². The number of H-pyrrole nitrogens is 1. The van der Waals surface area contributed by atoms with E-state index in [0.717, 1.165) is 23.7 Å². The van der Waals surface area contributed by atoms with Gasteiger partial charge in [0.25, 0.3) is 0 Å². The second kappa shape index (κ2) is 7.32. The molecule has 5 N–H and O–H groups in total. The molecule has 122 valence electrons. The summed E-state index contributed by atoms with van der Waals surface area (Å²) in [5.74, 6) is -0.978.